The maximum atomic E-state index is 12.4. The zero-order chi connectivity index (χ0) is 33.2. The highest BCUT2D eigenvalue weighted by atomic mass is 16.5. The Hall–Kier alpha value is -2.99. The smallest absolute Gasteiger partial charge is 0.306 e. The summed E-state index contributed by atoms with van der Waals surface area (Å²) in [5.41, 5.74) is 5.57. The molecule has 1 aromatic heterocycles. The standard InChI is InChI=1S/C39H59N3O3/c1-11-38(9)19-17-32(22-35(38)28(3)4)30(7)25-44-27-34-24-42(41-40-34)21-15-13-14-16-37(43)45-26-31(8)33-18-20-39(10,12-2)36(23-33)29(5)6/h11-12,24,32-33,35-36H,1-3,5,7-8,13-23,25-27H2,4,6,9-10H3/t32-,33-,35+,36+,38-,39-/m1/s1. The molecule has 6 heteroatoms. The Morgan fingerprint density at radius 3 is 2.00 bits per heavy atom. The molecule has 0 spiro atoms. The quantitative estimate of drug-likeness (QED) is 0.0933. The number of allylic oxidation sites excluding steroid dienone is 4. The van der Waals surface area contributed by atoms with Crippen LogP contribution in [0.25, 0.3) is 0 Å². The molecule has 45 heavy (non-hydrogen) atoms. The van der Waals surface area contributed by atoms with E-state index in [2.05, 4.69) is 89.6 Å². The number of hydrogen-bond acceptors (Lipinski definition) is 5. The fraction of sp³-hybridized carbons (Fsp3) is 0.615. The molecule has 1 aromatic rings. The molecule has 0 bridgehead atoms. The van der Waals surface area contributed by atoms with Crippen LogP contribution < -0.4 is 0 Å². The van der Waals surface area contributed by atoms with Crippen molar-refractivity contribution >= 4 is 5.97 Å². The summed E-state index contributed by atoms with van der Waals surface area (Å²) in [4.78, 5) is 12.4. The maximum absolute atomic E-state index is 12.4. The van der Waals surface area contributed by atoms with Gasteiger partial charge in [-0.2, -0.15) is 0 Å². The third-order valence-electron chi connectivity index (χ3n) is 10.8. The lowest BCUT2D eigenvalue weighted by Gasteiger charge is -2.43. The maximum Gasteiger partial charge on any atom is 0.306 e. The lowest BCUT2D eigenvalue weighted by Crippen LogP contribution is -2.34. The van der Waals surface area contributed by atoms with E-state index in [0.717, 1.165) is 81.2 Å². The molecule has 0 radical (unpaired) electrons. The second-order valence-corrected chi connectivity index (χ2v) is 14.4. The number of hydrogen-bond donors (Lipinski definition) is 0. The highest BCUT2D eigenvalue weighted by Gasteiger charge is 2.40. The zero-order valence-corrected chi connectivity index (χ0v) is 28.7. The SMILES string of the molecule is C=C[C@]1(C)CC[C@@H](C(=C)COCc2cn(CCCCCC(=O)OCC(=C)[C@@H]3CC[C@@](C)(C=C)[C@H](C(=C)C)C3)nn2)C[C@H]1C(=C)C. The number of aryl methyl sites for hydroxylation is 1. The van der Waals surface area contributed by atoms with Gasteiger partial charge in [0, 0.05) is 13.0 Å². The Balaban J connectivity index is 1.28. The first-order chi connectivity index (χ1) is 21.3. The monoisotopic (exact) mass is 617 g/mol. The summed E-state index contributed by atoms with van der Waals surface area (Å²) < 4.78 is 13.4. The van der Waals surface area contributed by atoms with E-state index in [1.165, 1.54) is 11.1 Å². The highest BCUT2D eigenvalue weighted by molar-refractivity contribution is 5.69. The first-order valence-electron chi connectivity index (χ1n) is 16.9. The van der Waals surface area contributed by atoms with Gasteiger partial charge >= 0.3 is 5.97 Å². The van der Waals surface area contributed by atoms with E-state index in [-0.39, 0.29) is 16.8 Å². The summed E-state index contributed by atoms with van der Waals surface area (Å²) >= 11 is 0. The molecule has 0 N–H and O–H groups in total. The molecule has 2 aliphatic rings. The molecule has 2 aliphatic carbocycles. The molecule has 0 aromatic carbocycles. The minimum absolute atomic E-state index is 0.0789. The Kier molecular flexibility index (Phi) is 13.4. The van der Waals surface area contributed by atoms with E-state index in [4.69, 9.17) is 9.47 Å². The van der Waals surface area contributed by atoms with Crippen LogP contribution in [0.3, 0.4) is 0 Å². The van der Waals surface area contributed by atoms with Gasteiger partial charge in [0.05, 0.1) is 19.4 Å². The molecule has 1 heterocycles. The van der Waals surface area contributed by atoms with Crippen molar-refractivity contribution in [3.63, 3.8) is 0 Å². The molecule has 248 valence electrons. The molecular weight excluding hydrogens is 558 g/mol. The van der Waals surface area contributed by atoms with Crippen LogP contribution in [0.4, 0.5) is 0 Å². The molecule has 2 saturated carbocycles. The van der Waals surface area contributed by atoms with E-state index in [1.807, 2.05) is 10.9 Å². The van der Waals surface area contributed by atoms with E-state index >= 15 is 0 Å². The average Bonchev–Trinajstić information content (AvgIpc) is 3.47. The zero-order valence-electron chi connectivity index (χ0n) is 28.7. The molecule has 2 fully saturated rings. The van der Waals surface area contributed by atoms with Gasteiger partial charge in [-0.05, 0) is 111 Å². The summed E-state index contributed by atoms with van der Waals surface area (Å²) in [5.74, 6) is 1.44. The average molecular weight is 618 g/mol. The number of carbonyl (C=O) groups is 1. The molecule has 0 amide bonds. The van der Waals surface area contributed by atoms with Crippen LogP contribution >= 0.6 is 0 Å². The second-order valence-electron chi connectivity index (χ2n) is 14.4. The summed E-state index contributed by atoms with van der Waals surface area (Å²) in [6.07, 6.45) is 15.5. The minimum Gasteiger partial charge on any atom is -0.461 e. The normalized spacial score (nSPS) is 28.2. The van der Waals surface area contributed by atoms with Crippen molar-refractivity contribution in [2.75, 3.05) is 13.2 Å². The van der Waals surface area contributed by atoms with E-state index in [9.17, 15) is 4.79 Å². The lowest BCUT2D eigenvalue weighted by molar-refractivity contribution is -0.143. The van der Waals surface area contributed by atoms with Crippen molar-refractivity contribution in [3.8, 4) is 0 Å². The van der Waals surface area contributed by atoms with Gasteiger partial charge in [-0.15, -0.1) is 18.3 Å². The van der Waals surface area contributed by atoms with Crippen molar-refractivity contribution < 1.29 is 14.3 Å². The van der Waals surface area contributed by atoms with Crippen molar-refractivity contribution in [2.24, 2.45) is 34.5 Å². The Bertz CT molecular complexity index is 1240. The van der Waals surface area contributed by atoms with Gasteiger partial charge in [-0.1, -0.05) is 75.1 Å². The van der Waals surface area contributed by atoms with Crippen molar-refractivity contribution in [1.82, 2.24) is 15.0 Å². The van der Waals surface area contributed by atoms with Crippen LogP contribution in [0, 0.1) is 34.5 Å². The topological polar surface area (TPSA) is 66.2 Å². The van der Waals surface area contributed by atoms with Crippen molar-refractivity contribution in [3.05, 3.63) is 85.8 Å². The van der Waals surface area contributed by atoms with Crippen LogP contribution in [0.1, 0.15) is 97.6 Å². The molecule has 0 saturated heterocycles. The molecular formula is C39H59N3O3. The fourth-order valence-electron chi connectivity index (χ4n) is 7.42. The van der Waals surface area contributed by atoms with Crippen molar-refractivity contribution in [2.45, 2.75) is 105 Å². The predicted octanol–water partition coefficient (Wildman–Crippen LogP) is 9.38. The number of rotatable bonds is 18. The molecule has 0 unspecified atom stereocenters. The number of aromatic nitrogens is 3. The van der Waals surface area contributed by atoms with Gasteiger partial charge < -0.3 is 9.47 Å². The number of ether oxygens (including phenoxy) is 2. The van der Waals surface area contributed by atoms with Crippen LogP contribution in [-0.2, 0) is 27.4 Å². The first kappa shape index (κ1) is 36.5. The minimum atomic E-state index is -0.154. The largest absolute Gasteiger partial charge is 0.461 e. The lowest BCUT2D eigenvalue weighted by atomic mass is 9.61. The summed E-state index contributed by atoms with van der Waals surface area (Å²) in [7, 11) is 0. The summed E-state index contributed by atoms with van der Waals surface area (Å²) in [6.45, 7) is 36.0. The van der Waals surface area contributed by atoms with E-state index < -0.39 is 0 Å². The summed E-state index contributed by atoms with van der Waals surface area (Å²) in [6, 6.07) is 0. The highest BCUT2D eigenvalue weighted by Crippen LogP contribution is 2.49. The Labute approximate surface area is 273 Å². The van der Waals surface area contributed by atoms with Gasteiger partial charge in [-0.3, -0.25) is 9.48 Å². The Morgan fingerprint density at radius 1 is 0.911 bits per heavy atom. The van der Waals surface area contributed by atoms with Gasteiger partial charge in [0.1, 0.15) is 12.3 Å². The van der Waals surface area contributed by atoms with Crippen LogP contribution in [0.5, 0.6) is 0 Å². The third kappa shape index (κ3) is 10.00. The van der Waals surface area contributed by atoms with Gasteiger partial charge in [0.25, 0.3) is 0 Å². The van der Waals surface area contributed by atoms with Gasteiger partial charge in [-0.25, -0.2) is 0 Å². The van der Waals surface area contributed by atoms with E-state index in [0.29, 0.717) is 49.9 Å². The third-order valence-corrected chi connectivity index (χ3v) is 10.8. The predicted molar refractivity (Wildman–Crippen MR) is 185 cm³/mol. The van der Waals surface area contributed by atoms with Gasteiger partial charge in [0.2, 0.25) is 0 Å². The van der Waals surface area contributed by atoms with Crippen LogP contribution in [0.2, 0.25) is 0 Å². The molecule has 6 atom stereocenters. The number of esters is 1. The van der Waals surface area contributed by atoms with Crippen LogP contribution in [0.15, 0.2) is 80.1 Å². The molecule has 0 aliphatic heterocycles. The summed E-state index contributed by atoms with van der Waals surface area (Å²) in [5, 5.41) is 8.52. The Morgan fingerprint density at radius 2 is 1.47 bits per heavy atom. The number of nitrogens with zero attached hydrogens (tertiary/aromatic N) is 3. The first-order valence-corrected chi connectivity index (χ1v) is 16.9. The number of unbranched alkanes of at least 4 members (excludes halogenated alkanes) is 2. The second kappa shape index (κ2) is 16.5. The van der Waals surface area contributed by atoms with Gasteiger partial charge in [0.15, 0.2) is 0 Å². The van der Waals surface area contributed by atoms with Crippen LogP contribution in [-0.4, -0.2) is 34.2 Å². The fourth-order valence-corrected chi connectivity index (χ4v) is 7.42. The number of carbonyl (C=O) groups excluding carboxylic acids is 1. The van der Waals surface area contributed by atoms with Crippen molar-refractivity contribution in [1.29, 1.82) is 0 Å². The molecule has 6 nitrogen and oxygen atoms in total. The van der Waals surface area contributed by atoms with E-state index in [1.54, 1.807) is 0 Å². The molecule has 3 rings (SSSR count).